The second-order valence-electron chi connectivity index (χ2n) is 8.05. The number of carbonyl (C=O) groups is 1. The van der Waals surface area contributed by atoms with Gasteiger partial charge in [-0.1, -0.05) is 35.9 Å². The molecule has 1 aliphatic heterocycles. The molecular weight excluding hydrogens is 444 g/mol. The molecular formula is C26H20ClF2N3O. The fraction of sp³-hybridized carbons (Fsp3) is 0.115. The van der Waals surface area contributed by atoms with Crippen LogP contribution in [-0.2, 0) is 6.54 Å². The number of rotatable bonds is 2. The van der Waals surface area contributed by atoms with Gasteiger partial charge >= 0.3 is 6.03 Å². The van der Waals surface area contributed by atoms with E-state index in [1.165, 1.54) is 12.1 Å². The number of nitrogens with zero attached hydrogens (tertiary/aromatic N) is 2. The molecule has 0 bridgehead atoms. The van der Waals surface area contributed by atoms with Gasteiger partial charge in [0.1, 0.15) is 11.6 Å². The zero-order valence-corrected chi connectivity index (χ0v) is 18.5. The molecule has 4 nitrogen and oxygen atoms in total. The van der Waals surface area contributed by atoms with Crippen LogP contribution in [0.1, 0.15) is 28.4 Å². The van der Waals surface area contributed by atoms with Gasteiger partial charge in [-0.15, -0.1) is 0 Å². The quantitative estimate of drug-likeness (QED) is 0.346. The highest BCUT2D eigenvalue weighted by molar-refractivity contribution is 6.31. The van der Waals surface area contributed by atoms with E-state index in [0.29, 0.717) is 16.3 Å². The van der Waals surface area contributed by atoms with Crippen molar-refractivity contribution < 1.29 is 13.6 Å². The van der Waals surface area contributed by atoms with E-state index in [0.717, 1.165) is 28.6 Å². The Kier molecular flexibility index (Phi) is 5.38. The molecule has 5 rings (SSSR count). The maximum absolute atomic E-state index is 14.2. The lowest BCUT2D eigenvalue weighted by Gasteiger charge is -2.31. The molecule has 0 aliphatic carbocycles. The summed E-state index contributed by atoms with van der Waals surface area (Å²) < 4.78 is 30.4. The van der Waals surface area contributed by atoms with E-state index in [4.69, 9.17) is 11.6 Å². The zero-order valence-electron chi connectivity index (χ0n) is 17.7. The number of nitrogens with one attached hydrogen (secondary N) is 1. The number of urea groups is 1. The number of halogens is 3. The first-order chi connectivity index (χ1) is 15.9. The highest BCUT2D eigenvalue weighted by atomic mass is 35.5. The van der Waals surface area contributed by atoms with Crippen LogP contribution in [-0.4, -0.2) is 15.5 Å². The lowest BCUT2D eigenvalue weighted by Crippen LogP contribution is -2.38. The average Bonchev–Trinajstić information content (AvgIpc) is 3.19. The number of hydrogen-bond acceptors (Lipinski definition) is 1. The molecule has 0 fully saturated rings. The van der Waals surface area contributed by atoms with Crippen LogP contribution in [0.15, 0.2) is 79.0 Å². The normalized spacial score (nSPS) is 14.9. The van der Waals surface area contributed by atoms with Crippen molar-refractivity contribution in [2.45, 2.75) is 19.5 Å². The molecule has 33 heavy (non-hydrogen) atoms. The Morgan fingerprint density at radius 2 is 1.76 bits per heavy atom. The third-order valence-electron chi connectivity index (χ3n) is 5.87. The molecule has 0 spiro atoms. The molecule has 1 N–H and O–H groups in total. The summed E-state index contributed by atoms with van der Waals surface area (Å²) in [6.45, 7) is 2.11. The predicted molar refractivity (Wildman–Crippen MR) is 125 cm³/mol. The van der Waals surface area contributed by atoms with Crippen LogP contribution in [0.2, 0.25) is 5.02 Å². The Hall–Kier alpha value is -3.64. The second-order valence-corrected chi connectivity index (χ2v) is 8.49. The molecule has 2 amide bonds. The fourth-order valence-corrected chi connectivity index (χ4v) is 4.51. The van der Waals surface area contributed by atoms with Crippen molar-refractivity contribution in [3.05, 3.63) is 118 Å². The largest absolute Gasteiger partial charge is 0.322 e. The minimum Gasteiger partial charge on any atom is -0.318 e. The van der Waals surface area contributed by atoms with Crippen molar-refractivity contribution in [2.24, 2.45) is 0 Å². The van der Waals surface area contributed by atoms with E-state index in [-0.39, 0.29) is 6.54 Å². The SMILES string of the molecule is Cc1ccc(Cl)cc1NC(=O)N1Cc2ccccc2-n2cccc2[C@H]1c1cc(F)cc(F)c1. The van der Waals surface area contributed by atoms with Crippen LogP contribution in [0.5, 0.6) is 0 Å². The van der Waals surface area contributed by atoms with Gasteiger partial charge in [-0.05, 0) is 66.1 Å². The topological polar surface area (TPSA) is 37.3 Å². The molecule has 0 saturated carbocycles. The van der Waals surface area contributed by atoms with Gasteiger partial charge in [0.2, 0.25) is 0 Å². The van der Waals surface area contributed by atoms with Gasteiger partial charge in [0.15, 0.2) is 0 Å². The average molecular weight is 464 g/mol. The summed E-state index contributed by atoms with van der Waals surface area (Å²) in [5.74, 6) is -1.40. The summed E-state index contributed by atoms with van der Waals surface area (Å²) in [5.41, 5.74) is 4.31. The summed E-state index contributed by atoms with van der Waals surface area (Å²) in [6, 6.07) is 18.9. The molecule has 0 radical (unpaired) electrons. The van der Waals surface area contributed by atoms with Crippen molar-refractivity contribution >= 4 is 23.3 Å². The van der Waals surface area contributed by atoms with Gasteiger partial charge in [0.05, 0.1) is 18.3 Å². The van der Waals surface area contributed by atoms with Crippen molar-refractivity contribution in [1.82, 2.24) is 9.47 Å². The minimum absolute atomic E-state index is 0.242. The highest BCUT2D eigenvalue weighted by Crippen LogP contribution is 2.37. The zero-order chi connectivity index (χ0) is 23.1. The molecule has 0 unspecified atom stereocenters. The van der Waals surface area contributed by atoms with Crippen LogP contribution >= 0.6 is 11.6 Å². The standard InChI is InChI=1S/C26H20ClF2N3O/c1-16-8-9-19(27)13-22(16)30-26(33)32-15-17-5-2-3-6-23(17)31-10-4-7-24(31)25(32)18-11-20(28)14-21(29)12-18/h2-14,25H,15H2,1H3,(H,30,33)/t25-/m1/s1. The second kappa shape index (κ2) is 8.37. The first-order valence-electron chi connectivity index (χ1n) is 10.5. The number of benzene rings is 3. The van der Waals surface area contributed by atoms with E-state index >= 15 is 0 Å². The summed E-state index contributed by atoms with van der Waals surface area (Å²) in [5, 5.41) is 3.43. The van der Waals surface area contributed by atoms with E-state index in [9.17, 15) is 13.6 Å². The maximum Gasteiger partial charge on any atom is 0.322 e. The number of para-hydroxylation sites is 1. The molecule has 3 aromatic carbocycles. The van der Waals surface area contributed by atoms with E-state index < -0.39 is 23.7 Å². The van der Waals surface area contributed by atoms with Gasteiger partial charge in [-0.3, -0.25) is 0 Å². The van der Waals surface area contributed by atoms with Crippen LogP contribution < -0.4 is 5.32 Å². The van der Waals surface area contributed by atoms with Gasteiger partial charge < -0.3 is 14.8 Å². The van der Waals surface area contributed by atoms with Gasteiger partial charge in [-0.2, -0.15) is 0 Å². The lowest BCUT2D eigenvalue weighted by atomic mass is 10.0. The minimum atomic E-state index is -0.725. The number of anilines is 1. The van der Waals surface area contributed by atoms with E-state index in [2.05, 4.69) is 5.32 Å². The van der Waals surface area contributed by atoms with Crippen LogP contribution in [0, 0.1) is 18.6 Å². The van der Waals surface area contributed by atoms with Crippen molar-refractivity contribution in [2.75, 3.05) is 5.32 Å². The number of fused-ring (bicyclic) bond motifs is 3. The van der Waals surface area contributed by atoms with Crippen molar-refractivity contribution in [3.63, 3.8) is 0 Å². The molecule has 1 aromatic heterocycles. The Labute approximate surface area is 195 Å². The summed E-state index contributed by atoms with van der Waals surface area (Å²) in [4.78, 5) is 15.2. The molecule has 0 saturated heterocycles. The lowest BCUT2D eigenvalue weighted by molar-refractivity contribution is 0.194. The fourth-order valence-electron chi connectivity index (χ4n) is 4.34. The number of aromatic nitrogens is 1. The number of carbonyl (C=O) groups excluding carboxylic acids is 1. The van der Waals surface area contributed by atoms with Gasteiger partial charge in [0.25, 0.3) is 0 Å². The number of hydrogen-bond donors (Lipinski definition) is 1. The Balaban J connectivity index is 1.66. The Morgan fingerprint density at radius 3 is 2.55 bits per heavy atom. The Bertz CT molecular complexity index is 1350. The van der Waals surface area contributed by atoms with Crippen molar-refractivity contribution in [3.8, 4) is 5.69 Å². The smallest absolute Gasteiger partial charge is 0.318 e. The molecule has 2 heterocycles. The number of aryl methyl sites for hydroxylation is 1. The summed E-state index contributed by atoms with van der Waals surface area (Å²) in [7, 11) is 0. The third-order valence-corrected chi connectivity index (χ3v) is 6.10. The first kappa shape index (κ1) is 21.2. The van der Waals surface area contributed by atoms with Gasteiger partial charge in [-0.25, -0.2) is 13.6 Å². The Morgan fingerprint density at radius 1 is 1.00 bits per heavy atom. The molecule has 7 heteroatoms. The van der Waals surface area contributed by atoms with Gasteiger partial charge in [0, 0.05) is 28.7 Å². The number of amides is 2. The molecule has 4 aromatic rings. The summed E-state index contributed by atoms with van der Waals surface area (Å²) >= 11 is 6.14. The maximum atomic E-state index is 14.2. The third kappa shape index (κ3) is 3.98. The van der Waals surface area contributed by atoms with Crippen LogP contribution in [0.4, 0.5) is 19.3 Å². The van der Waals surface area contributed by atoms with E-state index in [1.807, 2.05) is 60.2 Å². The first-order valence-corrected chi connectivity index (χ1v) is 10.8. The predicted octanol–water partition coefficient (Wildman–Crippen LogP) is 6.85. The van der Waals surface area contributed by atoms with Crippen LogP contribution in [0.3, 0.4) is 0 Å². The molecule has 1 atom stereocenters. The summed E-state index contributed by atoms with van der Waals surface area (Å²) in [6.07, 6.45) is 1.89. The molecule has 166 valence electrons. The van der Waals surface area contributed by atoms with Crippen LogP contribution in [0.25, 0.3) is 5.69 Å². The molecule has 1 aliphatic rings. The highest BCUT2D eigenvalue weighted by Gasteiger charge is 2.33. The van der Waals surface area contributed by atoms with E-state index in [1.54, 1.807) is 17.0 Å². The monoisotopic (exact) mass is 463 g/mol. The van der Waals surface area contributed by atoms with Crippen molar-refractivity contribution in [1.29, 1.82) is 0 Å².